The van der Waals surface area contributed by atoms with Crippen LogP contribution in [-0.4, -0.2) is 10.4 Å². The standard InChI is InChI=1S/C13H18OS/c1-4-10(2)13(15-11(3)14)12-8-6-5-7-9-12/h4-6,12-13H,1-2,7-9H2,3H3. The Morgan fingerprint density at radius 1 is 1.60 bits per heavy atom. The number of thioether (sulfide) groups is 1. The molecule has 1 aliphatic carbocycles. The number of allylic oxidation sites excluding steroid dienone is 3. The van der Waals surface area contributed by atoms with Gasteiger partial charge in [0.25, 0.3) is 0 Å². The SMILES string of the molecule is C=CC(=C)C(SC(C)=O)C1CC=CCC1. The highest BCUT2D eigenvalue weighted by molar-refractivity contribution is 8.14. The van der Waals surface area contributed by atoms with Crippen molar-refractivity contribution in [1.82, 2.24) is 0 Å². The number of carbonyl (C=O) groups excluding carboxylic acids is 1. The Morgan fingerprint density at radius 2 is 2.33 bits per heavy atom. The Kier molecular flexibility index (Phi) is 4.89. The van der Waals surface area contributed by atoms with Gasteiger partial charge in [-0.1, -0.05) is 43.1 Å². The van der Waals surface area contributed by atoms with Gasteiger partial charge in [0.15, 0.2) is 5.12 Å². The molecule has 0 saturated heterocycles. The van der Waals surface area contributed by atoms with Gasteiger partial charge >= 0.3 is 0 Å². The zero-order valence-corrected chi connectivity index (χ0v) is 10.1. The molecule has 0 N–H and O–H groups in total. The predicted octanol–water partition coefficient (Wildman–Crippen LogP) is 3.73. The zero-order valence-electron chi connectivity index (χ0n) is 9.24. The quantitative estimate of drug-likeness (QED) is 0.532. The summed E-state index contributed by atoms with van der Waals surface area (Å²) < 4.78 is 0. The van der Waals surface area contributed by atoms with Crippen molar-refractivity contribution in [2.75, 3.05) is 0 Å². The lowest BCUT2D eigenvalue weighted by Gasteiger charge is -2.27. The minimum Gasteiger partial charge on any atom is -0.288 e. The number of carbonyl (C=O) groups is 1. The van der Waals surface area contributed by atoms with E-state index in [-0.39, 0.29) is 10.4 Å². The van der Waals surface area contributed by atoms with Crippen LogP contribution in [0.1, 0.15) is 26.2 Å². The first-order chi connectivity index (χ1) is 7.15. The van der Waals surface area contributed by atoms with Gasteiger partial charge in [-0.05, 0) is 30.8 Å². The molecule has 0 aromatic heterocycles. The first kappa shape index (κ1) is 12.3. The van der Waals surface area contributed by atoms with E-state index in [0.717, 1.165) is 24.8 Å². The van der Waals surface area contributed by atoms with E-state index in [1.54, 1.807) is 13.0 Å². The van der Waals surface area contributed by atoms with Crippen LogP contribution in [0.2, 0.25) is 0 Å². The number of rotatable bonds is 4. The molecule has 0 aromatic rings. The lowest BCUT2D eigenvalue weighted by molar-refractivity contribution is -0.109. The fourth-order valence-corrected chi connectivity index (χ4v) is 2.91. The van der Waals surface area contributed by atoms with E-state index in [1.165, 1.54) is 11.8 Å². The molecule has 0 spiro atoms. The van der Waals surface area contributed by atoms with Crippen LogP contribution in [-0.2, 0) is 4.79 Å². The molecule has 0 radical (unpaired) electrons. The second kappa shape index (κ2) is 5.96. The van der Waals surface area contributed by atoms with Crippen molar-refractivity contribution in [3.63, 3.8) is 0 Å². The van der Waals surface area contributed by atoms with Crippen molar-refractivity contribution in [2.24, 2.45) is 5.92 Å². The molecule has 1 rings (SSSR count). The van der Waals surface area contributed by atoms with E-state index in [4.69, 9.17) is 0 Å². The van der Waals surface area contributed by atoms with Gasteiger partial charge in [-0.2, -0.15) is 0 Å². The molecular weight excluding hydrogens is 204 g/mol. The first-order valence-electron chi connectivity index (χ1n) is 5.28. The van der Waals surface area contributed by atoms with Gasteiger partial charge in [0.2, 0.25) is 0 Å². The minimum absolute atomic E-state index is 0.164. The summed E-state index contributed by atoms with van der Waals surface area (Å²) >= 11 is 1.40. The van der Waals surface area contributed by atoms with Crippen molar-refractivity contribution in [3.8, 4) is 0 Å². The largest absolute Gasteiger partial charge is 0.288 e. The van der Waals surface area contributed by atoms with Gasteiger partial charge in [-0.3, -0.25) is 4.79 Å². The highest BCUT2D eigenvalue weighted by atomic mass is 32.2. The zero-order chi connectivity index (χ0) is 11.3. The Morgan fingerprint density at radius 3 is 2.80 bits per heavy atom. The van der Waals surface area contributed by atoms with Crippen LogP contribution in [0.4, 0.5) is 0 Å². The fourth-order valence-electron chi connectivity index (χ4n) is 1.86. The molecule has 0 bridgehead atoms. The normalized spacial score (nSPS) is 22.1. The molecule has 82 valence electrons. The fraction of sp³-hybridized carbons (Fsp3) is 0.462. The van der Waals surface area contributed by atoms with Gasteiger partial charge in [0, 0.05) is 12.2 Å². The smallest absolute Gasteiger partial charge is 0.186 e. The van der Waals surface area contributed by atoms with Gasteiger partial charge in [-0.25, -0.2) is 0 Å². The highest BCUT2D eigenvalue weighted by Gasteiger charge is 2.24. The summed E-state index contributed by atoms with van der Waals surface area (Å²) in [5.74, 6) is 0.536. The summed E-state index contributed by atoms with van der Waals surface area (Å²) in [6.45, 7) is 9.35. The second-order valence-corrected chi connectivity index (χ2v) is 5.17. The number of hydrogen-bond acceptors (Lipinski definition) is 2. The molecule has 2 atom stereocenters. The van der Waals surface area contributed by atoms with Crippen LogP contribution in [0.15, 0.2) is 37.0 Å². The second-order valence-electron chi connectivity index (χ2n) is 3.85. The molecule has 15 heavy (non-hydrogen) atoms. The van der Waals surface area contributed by atoms with E-state index < -0.39 is 0 Å². The Balaban J connectivity index is 2.70. The average molecular weight is 222 g/mol. The van der Waals surface area contributed by atoms with Crippen molar-refractivity contribution >= 4 is 16.9 Å². The maximum absolute atomic E-state index is 11.2. The van der Waals surface area contributed by atoms with Crippen molar-refractivity contribution in [3.05, 3.63) is 37.0 Å². The van der Waals surface area contributed by atoms with E-state index >= 15 is 0 Å². The third kappa shape index (κ3) is 3.71. The monoisotopic (exact) mass is 222 g/mol. The molecule has 2 unspecified atom stereocenters. The van der Waals surface area contributed by atoms with Crippen molar-refractivity contribution in [1.29, 1.82) is 0 Å². The van der Waals surface area contributed by atoms with Gasteiger partial charge < -0.3 is 0 Å². The molecule has 2 heteroatoms. The minimum atomic E-state index is 0.164. The van der Waals surface area contributed by atoms with Crippen LogP contribution < -0.4 is 0 Å². The average Bonchev–Trinajstić information content (AvgIpc) is 2.26. The first-order valence-corrected chi connectivity index (χ1v) is 6.16. The van der Waals surface area contributed by atoms with Crippen LogP contribution in [0.3, 0.4) is 0 Å². The van der Waals surface area contributed by atoms with E-state index in [0.29, 0.717) is 5.92 Å². The molecule has 0 aliphatic heterocycles. The maximum Gasteiger partial charge on any atom is 0.186 e. The Hall–Kier alpha value is -0.760. The van der Waals surface area contributed by atoms with E-state index in [1.807, 2.05) is 0 Å². The lowest BCUT2D eigenvalue weighted by Crippen LogP contribution is -2.21. The Bertz CT molecular complexity index is 291. The summed E-state index contributed by atoms with van der Waals surface area (Å²) in [4.78, 5) is 11.2. The van der Waals surface area contributed by atoms with E-state index in [9.17, 15) is 4.79 Å². The summed E-state index contributed by atoms with van der Waals surface area (Å²) in [5.41, 5.74) is 0.982. The third-order valence-corrected chi connectivity index (χ3v) is 3.93. The van der Waals surface area contributed by atoms with Crippen LogP contribution in [0, 0.1) is 5.92 Å². The molecule has 0 saturated carbocycles. The number of hydrogen-bond donors (Lipinski definition) is 0. The molecule has 1 aliphatic rings. The van der Waals surface area contributed by atoms with Crippen LogP contribution in [0.25, 0.3) is 0 Å². The molecule has 1 nitrogen and oxygen atoms in total. The molecule has 0 fully saturated rings. The molecule has 0 amide bonds. The van der Waals surface area contributed by atoms with Gasteiger partial charge in [0.05, 0.1) is 0 Å². The third-order valence-electron chi connectivity index (χ3n) is 2.66. The summed E-state index contributed by atoms with van der Waals surface area (Å²) in [7, 11) is 0. The molecular formula is C13H18OS. The van der Waals surface area contributed by atoms with Gasteiger partial charge in [-0.15, -0.1) is 0 Å². The van der Waals surface area contributed by atoms with E-state index in [2.05, 4.69) is 25.3 Å². The van der Waals surface area contributed by atoms with Crippen LogP contribution in [0.5, 0.6) is 0 Å². The topological polar surface area (TPSA) is 17.1 Å². The van der Waals surface area contributed by atoms with Crippen molar-refractivity contribution < 1.29 is 4.79 Å². The lowest BCUT2D eigenvalue weighted by atomic mass is 9.88. The van der Waals surface area contributed by atoms with Crippen molar-refractivity contribution in [2.45, 2.75) is 31.4 Å². The highest BCUT2D eigenvalue weighted by Crippen LogP contribution is 2.34. The van der Waals surface area contributed by atoms with Crippen LogP contribution >= 0.6 is 11.8 Å². The molecule has 0 heterocycles. The summed E-state index contributed by atoms with van der Waals surface area (Å²) in [6.07, 6.45) is 9.51. The maximum atomic E-state index is 11.2. The molecule has 0 aromatic carbocycles. The summed E-state index contributed by atoms with van der Waals surface area (Å²) in [6, 6.07) is 0. The summed E-state index contributed by atoms with van der Waals surface area (Å²) in [5, 5.41) is 0.377. The predicted molar refractivity (Wildman–Crippen MR) is 67.9 cm³/mol. The Labute approximate surface area is 96.3 Å². The van der Waals surface area contributed by atoms with Gasteiger partial charge in [0.1, 0.15) is 0 Å².